The minimum atomic E-state index is -0.557. The van der Waals surface area contributed by atoms with Crippen LogP contribution in [0, 0.1) is 5.82 Å². The quantitative estimate of drug-likeness (QED) is 0.645. The van der Waals surface area contributed by atoms with E-state index in [1.165, 1.54) is 56.7 Å². The summed E-state index contributed by atoms with van der Waals surface area (Å²) in [7, 11) is 2.95. The Labute approximate surface area is 144 Å². The van der Waals surface area contributed by atoms with Crippen LogP contribution in [0.2, 0.25) is 0 Å². The average molecular weight is 344 g/mol. The lowest BCUT2D eigenvalue weighted by atomic mass is 10.2. The van der Waals surface area contributed by atoms with Gasteiger partial charge in [-0.2, -0.15) is 0 Å². The van der Waals surface area contributed by atoms with Crippen LogP contribution in [0.5, 0.6) is 11.5 Å². The largest absolute Gasteiger partial charge is 0.493 e. The summed E-state index contributed by atoms with van der Waals surface area (Å²) >= 11 is 0. The second-order valence-electron chi connectivity index (χ2n) is 4.90. The van der Waals surface area contributed by atoms with Gasteiger partial charge in [-0.15, -0.1) is 0 Å². The first-order valence-corrected chi connectivity index (χ1v) is 7.29. The molecular formula is C18H17FN2O4. The Balaban J connectivity index is 1.94. The van der Waals surface area contributed by atoms with Crippen LogP contribution in [0.4, 0.5) is 4.39 Å². The van der Waals surface area contributed by atoms with Gasteiger partial charge >= 0.3 is 0 Å². The summed E-state index contributed by atoms with van der Waals surface area (Å²) in [5.41, 5.74) is 5.33. The third-order valence-electron chi connectivity index (χ3n) is 3.22. The van der Waals surface area contributed by atoms with Crippen LogP contribution in [0.25, 0.3) is 6.08 Å². The van der Waals surface area contributed by atoms with Gasteiger partial charge in [0.15, 0.2) is 11.5 Å². The first kappa shape index (κ1) is 18.0. The molecular weight excluding hydrogens is 327 g/mol. The topological polar surface area (TPSA) is 76.7 Å². The fourth-order valence-corrected chi connectivity index (χ4v) is 1.99. The summed E-state index contributed by atoms with van der Waals surface area (Å²) < 4.78 is 23.2. The van der Waals surface area contributed by atoms with Crippen molar-refractivity contribution in [2.75, 3.05) is 14.2 Å². The zero-order valence-electron chi connectivity index (χ0n) is 13.7. The van der Waals surface area contributed by atoms with E-state index in [-0.39, 0.29) is 5.56 Å². The molecule has 0 spiro atoms. The molecule has 2 N–H and O–H groups in total. The summed E-state index contributed by atoms with van der Waals surface area (Å²) in [6.45, 7) is 0. The van der Waals surface area contributed by atoms with Gasteiger partial charge in [-0.25, -0.2) is 4.39 Å². The molecule has 0 bridgehead atoms. The average Bonchev–Trinajstić information content (AvgIpc) is 2.63. The van der Waals surface area contributed by atoms with E-state index in [0.717, 1.165) is 0 Å². The molecule has 0 fully saturated rings. The van der Waals surface area contributed by atoms with Crippen LogP contribution >= 0.6 is 0 Å². The predicted octanol–water partition coefficient (Wildman–Crippen LogP) is 2.32. The van der Waals surface area contributed by atoms with Crippen LogP contribution in [0.3, 0.4) is 0 Å². The lowest BCUT2D eigenvalue weighted by Crippen LogP contribution is -2.40. The van der Waals surface area contributed by atoms with E-state index in [0.29, 0.717) is 17.1 Å². The number of rotatable bonds is 5. The molecule has 0 unspecified atom stereocenters. The van der Waals surface area contributed by atoms with Crippen molar-refractivity contribution in [1.29, 1.82) is 0 Å². The third kappa shape index (κ3) is 5.07. The highest BCUT2D eigenvalue weighted by molar-refractivity contribution is 5.98. The minimum Gasteiger partial charge on any atom is -0.493 e. The normalized spacial score (nSPS) is 10.4. The molecule has 0 radical (unpaired) electrons. The molecule has 0 saturated carbocycles. The van der Waals surface area contributed by atoms with E-state index in [2.05, 4.69) is 10.9 Å². The standard InChI is InChI=1S/C18H17FN2O4/c1-24-15-8-7-13(11-16(15)25-2)18(23)21-20-17(22)9-6-12-4-3-5-14(19)10-12/h3-11H,1-2H3,(H,20,22)(H,21,23)/b9-6+. The molecule has 25 heavy (non-hydrogen) atoms. The van der Waals surface area contributed by atoms with Crippen molar-refractivity contribution in [2.24, 2.45) is 0 Å². The molecule has 2 aromatic rings. The van der Waals surface area contributed by atoms with Crippen molar-refractivity contribution >= 4 is 17.9 Å². The van der Waals surface area contributed by atoms with E-state index >= 15 is 0 Å². The van der Waals surface area contributed by atoms with Gasteiger partial charge in [-0.05, 0) is 42.0 Å². The van der Waals surface area contributed by atoms with Gasteiger partial charge < -0.3 is 9.47 Å². The Kier molecular flexibility index (Phi) is 6.11. The van der Waals surface area contributed by atoms with Gasteiger partial charge in [-0.3, -0.25) is 20.4 Å². The molecule has 0 atom stereocenters. The fraction of sp³-hybridized carbons (Fsp3) is 0.111. The second kappa shape index (κ2) is 8.49. The van der Waals surface area contributed by atoms with Crippen LogP contribution < -0.4 is 20.3 Å². The number of amides is 2. The molecule has 6 nitrogen and oxygen atoms in total. The summed E-state index contributed by atoms with van der Waals surface area (Å²) in [6, 6.07) is 10.4. The zero-order valence-corrected chi connectivity index (χ0v) is 13.7. The summed E-state index contributed by atoms with van der Waals surface area (Å²) in [6.07, 6.45) is 2.62. The molecule has 0 saturated heterocycles. The van der Waals surface area contributed by atoms with Crippen LogP contribution in [0.15, 0.2) is 48.5 Å². The maximum atomic E-state index is 13.0. The van der Waals surface area contributed by atoms with Crippen molar-refractivity contribution in [3.05, 3.63) is 65.5 Å². The molecule has 2 aromatic carbocycles. The number of carbonyl (C=O) groups excluding carboxylic acids is 2. The highest BCUT2D eigenvalue weighted by atomic mass is 19.1. The Hall–Kier alpha value is -3.35. The van der Waals surface area contributed by atoms with E-state index in [1.54, 1.807) is 12.1 Å². The smallest absolute Gasteiger partial charge is 0.269 e. The van der Waals surface area contributed by atoms with Crippen LogP contribution in [-0.4, -0.2) is 26.0 Å². The number of hydrogen-bond acceptors (Lipinski definition) is 4. The third-order valence-corrected chi connectivity index (χ3v) is 3.22. The number of hydrogen-bond donors (Lipinski definition) is 2. The van der Waals surface area contributed by atoms with Gasteiger partial charge in [-0.1, -0.05) is 12.1 Å². The van der Waals surface area contributed by atoms with Crippen LogP contribution in [-0.2, 0) is 4.79 Å². The van der Waals surface area contributed by atoms with Crippen molar-refractivity contribution in [1.82, 2.24) is 10.9 Å². The Morgan fingerprint density at radius 1 is 1.00 bits per heavy atom. The molecule has 0 aliphatic rings. The van der Waals surface area contributed by atoms with E-state index in [1.807, 2.05) is 0 Å². The number of halogens is 1. The Morgan fingerprint density at radius 3 is 2.44 bits per heavy atom. The molecule has 2 rings (SSSR count). The maximum Gasteiger partial charge on any atom is 0.269 e. The van der Waals surface area contributed by atoms with Crippen molar-refractivity contribution in [3.8, 4) is 11.5 Å². The number of hydrazine groups is 1. The Morgan fingerprint density at radius 2 is 1.76 bits per heavy atom. The lowest BCUT2D eigenvalue weighted by molar-refractivity contribution is -0.117. The van der Waals surface area contributed by atoms with E-state index in [9.17, 15) is 14.0 Å². The summed E-state index contributed by atoms with van der Waals surface area (Å²) in [5, 5.41) is 0. The molecule has 7 heteroatoms. The summed E-state index contributed by atoms with van der Waals surface area (Å²) in [4.78, 5) is 23.7. The molecule has 130 valence electrons. The minimum absolute atomic E-state index is 0.284. The van der Waals surface area contributed by atoms with Gasteiger partial charge in [0.25, 0.3) is 11.8 Å². The van der Waals surface area contributed by atoms with E-state index in [4.69, 9.17) is 9.47 Å². The second-order valence-corrected chi connectivity index (χ2v) is 4.90. The number of carbonyl (C=O) groups is 2. The summed E-state index contributed by atoms with van der Waals surface area (Å²) in [5.74, 6) is -0.593. The zero-order chi connectivity index (χ0) is 18.2. The van der Waals surface area contributed by atoms with Gasteiger partial charge in [0, 0.05) is 11.6 Å². The SMILES string of the molecule is COc1ccc(C(=O)NNC(=O)/C=C/c2cccc(F)c2)cc1OC. The molecule has 0 heterocycles. The number of ether oxygens (including phenoxy) is 2. The highest BCUT2D eigenvalue weighted by Crippen LogP contribution is 2.27. The molecule has 0 aliphatic carbocycles. The number of methoxy groups -OCH3 is 2. The number of nitrogens with one attached hydrogen (secondary N) is 2. The van der Waals surface area contributed by atoms with Crippen molar-refractivity contribution in [2.45, 2.75) is 0 Å². The molecule has 0 aromatic heterocycles. The Bertz CT molecular complexity index is 805. The molecule has 2 amide bonds. The monoisotopic (exact) mass is 344 g/mol. The van der Waals surface area contributed by atoms with Gasteiger partial charge in [0.05, 0.1) is 14.2 Å². The van der Waals surface area contributed by atoms with Crippen LogP contribution in [0.1, 0.15) is 15.9 Å². The van der Waals surface area contributed by atoms with Gasteiger partial charge in [0.2, 0.25) is 0 Å². The fourth-order valence-electron chi connectivity index (χ4n) is 1.99. The van der Waals surface area contributed by atoms with Crippen molar-refractivity contribution in [3.63, 3.8) is 0 Å². The lowest BCUT2D eigenvalue weighted by Gasteiger charge is -2.10. The van der Waals surface area contributed by atoms with Gasteiger partial charge in [0.1, 0.15) is 5.82 Å². The molecule has 0 aliphatic heterocycles. The van der Waals surface area contributed by atoms with E-state index < -0.39 is 17.6 Å². The first-order chi connectivity index (χ1) is 12.0. The highest BCUT2D eigenvalue weighted by Gasteiger charge is 2.11. The van der Waals surface area contributed by atoms with Crippen molar-refractivity contribution < 1.29 is 23.5 Å². The first-order valence-electron chi connectivity index (χ1n) is 7.29. The maximum absolute atomic E-state index is 13.0. The predicted molar refractivity (Wildman–Crippen MR) is 90.6 cm³/mol. The number of benzene rings is 2.